The van der Waals surface area contributed by atoms with E-state index in [1.54, 1.807) is 11.3 Å². The fraction of sp³-hybridized carbons (Fsp3) is 0. The summed E-state index contributed by atoms with van der Waals surface area (Å²) in [6.07, 6.45) is 5.69. The second-order valence-corrected chi connectivity index (χ2v) is 6.53. The number of aliphatic hydroxyl groups excluding tert-OH is 1. The largest absolute Gasteiger partial charge is 0.508 e. The van der Waals surface area contributed by atoms with Crippen LogP contribution in [-0.4, -0.2) is 25.9 Å². The molecule has 5 rings (SSSR count). The van der Waals surface area contributed by atoms with Crippen LogP contribution in [0.2, 0.25) is 0 Å². The van der Waals surface area contributed by atoms with Crippen molar-refractivity contribution in [1.82, 2.24) is 9.97 Å². The van der Waals surface area contributed by atoms with Gasteiger partial charge in [0.2, 0.25) is 0 Å². The van der Waals surface area contributed by atoms with Crippen LogP contribution in [0.4, 0.5) is 8.78 Å². The van der Waals surface area contributed by atoms with Crippen molar-refractivity contribution >= 4 is 59.2 Å². The molecule has 0 spiro atoms. The maximum Gasteiger partial charge on any atom is 0.508 e. The predicted octanol–water partition coefficient (Wildman–Crippen LogP) is 5.21. The van der Waals surface area contributed by atoms with Crippen LogP contribution < -0.4 is 0 Å². The van der Waals surface area contributed by atoms with E-state index in [9.17, 15) is 8.78 Å². The van der Waals surface area contributed by atoms with Crippen LogP contribution in [-0.2, 0) is 20.1 Å². The number of halogens is 2. The molecule has 8 heteroatoms. The van der Waals surface area contributed by atoms with E-state index in [2.05, 4.69) is 28.2 Å². The van der Waals surface area contributed by atoms with Gasteiger partial charge in [-0.05, 0) is 32.4 Å². The standard InChI is InChI=1S/C16H7N2S.C3H2F2O2.Ir/c1-3-10-14-12(5-1)19-13-8-17-7-11(15(13)14)9-4-2-6-18-16(9)10;4-2(6)1-3(5)7;/h1-2,4-8H;1,6H;/q-1;;/p+1/b;2-1-;. The molecule has 5 aromatic rings. The van der Waals surface area contributed by atoms with E-state index >= 15 is 0 Å². The van der Waals surface area contributed by atoms with Crippen LogP contribution in [0.25, 0.3) is 41.8 Å². The Bertz CT molecular complexity index is 1210. The Morgan fingerprint density at radius 1 is 1.15 bits per heavy atom. The Balaban J connectivity index is 0.000000230. The number of aliphatic hydroxyl groups is 1. The Hall–Kier alpha value is -2.54. The van der Waals surface area contributed by atoms with Gasteiger partial charge in [-0.2, -0.15) is 15.7 Å². The zero-order valence-corrected chi connectivity index (χ0v) is 16.6. The Morgan fingerprint density at radius 2 is 1.96 bits per heavy atom. The number of fused-ring (bicyclic) bond motifs is 3. The SMILES string of the molecule is O/C(F)=C\C(=[OH+])F.[Ir].[c-]1ccc2sc3cncc4c5cccnc5c1c2c34. The Morgan fingerprint density at radius 3 is 2.67 bits per heavy atom. The Labute approximate surface area is 168 Å². The van der Waals surface area contributed by atoms with Gasteiger partial charge >= 0.3 is 6.04 Å². The molecule has 4 nitrogen and oxygen atoms in total. The van der Waals surface area contributed by atoms with Gasteiger partial charge in [0.1, 0.15) is 6.08 Å². The first-order valence-corrected chi connectivity index (χ1v) is 8.32. The van der Waals surface area contributed by atoms with E-state index < -0.39 is 12.0 Å². The van der Waals surface area contributed by atoms with Gasteiger partial charge in [-0.3, -0.25) is 4.98 Å². The van der Waals surface area contributed by atoms with Gasteiger partial charge in [0.15, 0.2) is 0 Å². The van der Waals surface area contributed by atoms with Gasteiger partial charge in [-0.1, -0.05) is 11.5 Å². The summed E-state index contributed by atoms with van der Waals surface area (Å²) in [7, 11) is 0. The topological polar surface area (TPSA) is 67.4 Å². The normalized spacial score (nSPS) is 11.6. The van der Waals surface area contributed by atoms with Crippen molar-refractivity contribution in [1.29, 1.82) is 0 Å². The minimum atomic E-state index is -1.75. The molecule has 0 fully saturated rings. The van der Waals surface area contributed by atoms with Crippen molar-refractivity contribution in [2.75, 3.05) is 0 Å². The van der Waals surface area contributed by atoms with E-state index in [1.165, 1.54) is 25.6 Å². The van der Waals surface area contributed by atoms with Crippen molar-refractivity contribution in [2.45, 2.75) is 0 Å². The number of hydrogen-bond donors (Lipinski definition) is 1. The summed E-state index contributed by atoms with van der Waals surface area (Å²) < 4.78 is 24.4. The minimum absolute atomic E-state index is 0. The third-order valence-electron chi connectivity index (χ3n) is 3.91. The van der Waals surface area contributed by atoms with Crippen LogP contribution in [0.5, 0.6) is 0 Å². The molecule has 0 aliphatic carbocycles. The smallest absolute Gasteiger partial charge is 0.486 e. The molecule has 137 valence electrons. The number of benzene rings is 2. The summed E-state index contributed by atoms with van der Waals surface area (Å²) in [6, 6.07) is 8.08. The second kappa shape index (κ2) is 7.60. The summed E-state index contributed by atoms with van der Waals surface area (Å²) in [5.41, 5.74) is 1.02. The maximum atomic E-state index is 10.9. The molecule has 3 aromatic heterocycles. The van der Waals surface area contributed by atoms with Crippen molar-refractivity contribution < 1.29 is 38.8 Å². The molecular formula is C19H10F2IrN2O2S. The summed E-state index contributed by atoms with van der Waals surface area (Å²) in [4.78, 5) is 16.4. The molecule has 1 radical (unpaired) electrons. The molecule has 0 unspecified atom stereocenters. The molecule has 0 saturated carbocycles. The van der Waals surface area contributed by atoms with Gasteiger partial charge < -0.3 is 10.1 Å². The predicted molar refractivity (Wildman–Crippen MR) is 99.8 cm³/mol. The summed E-state index contributed by atoms with van der Waals surface area (Å²) in [6.45, 7) is 0. The molecule has 0 saturated heterocycles. The van der Waals surface area contributed by atoms with Gasteiger partial charge in [0, 0.05) is 43.4 Å². The molecule has 3 heterocycles. The third-order valence-corrected chi connectivity index (χ3v) is 5.00. The number of carbonyl (C=O) groups excluding carboxylic acids is 1. The second-order valence-electron chi connectivity index (χ2n) is 5.44. The first-order chi connectivity index (χ1) is 12.6. The van der Waals surface area contributed by atoms with Gasteiger partial charge in [-0.15, -0.1) is 28.0 Å². The molecular weight excluding hydrogens is 551 g/mol. The van der Waals surface area contributed by atoms with Crippen molar-refractivity contribution in [3.63, 3.8) is 0 Å². The summed E-state index contributed by atoms with van der Waals surface area (Å²) in [5.74, 6) is 0. The third kappa shape index (κ3) is 3.39. The van der Waals surface area contributed by atoms with Crippen molar-refractivity contribution in [3.8, 4) is 0 Å². The molecule has 0 bridgehead atoms. The van der Waals surface area contributed by atoms with E-state index in [4.69, 9.17) is 9.90 Å². The zero-order chi connectivity index (χ0) is 18.3. The van der Waals surface area contributed by atoms with Crippen LogP contribution in [0.3, 0.4) is 0 Å². The summed E-state index contributed by atoms with van der Waals surface area (Å²) in [5, 5.41) is 13.6. The number of aromatic nitrogens is 2. The fourth-order valence-corrected chi connectivity index (χ4v) is 4.13. The summed E-state index contributed by atoms with van der Waals surface area (Å²) >= 11 is 1.79. The molecule has 2 N–H and O–H groups in total. The number of allylic oxidation sites excluding steroid dienone is 1. The monoisotopic (exact) mass is 561 g/mol. The molecule has 0 aliphatic rings. The zero-order valence-electron chi connectivity index (χ0n) is 13.4. The average molecular weight is 561 g/mol. The van der Waals surface area contributed by atoms with E-state index in [0.29, 0.717) is 0 Å². The van der Waals surface area contributed by atoms with Crippen molar-refractivity contribution in [3.05, 3.63) is 61.0 Å². The van der Waals surface area contributed by atoms with Gasteiger partial charge in [0.05, 0.1) is 0 Å². The number of thiophene rings is 1. The quantitative estimate of drug-likeness (QED) is 0.0764. The first-order valence-electron chi connectivity index (χ1n) is 7.50. The van der Waals surface area contributed by atoms with Gasteiger partial charge in [-0.25, -0.2) is 4.79 Å². The molecule has 0 atom stereocenters. The number of pyridine rings is 2. The van der Waals surface area contributed by atoms with E-state index in [1.807, 2.05) is 30.7 Å². The minimum Gasteiger partial charge on any atom is -0.486 e. The van der Waals surface area contributed by atoms with E-state index in [0.717, 1.165) is 16.3 Å². The van der Waals surface area contributed by atoms with Gasteiger partial charge in [0.25, 0.3) is 6.01 Å². The maximum absolute atomic E-state index is 10.9. The average Bonchev–Trinajstić information content (AvgIpc) is 3.00. The molecule has 0 amide bonds. The number of nitrogens with zero attached hydrogens (tertiary/aromatic N) is 2. The van der Waals surface area contributed by atoms with Crippen molar-refractivity contribution in [2.24, 2.45) is 0 Å². The molecule has 27 heavy (non-hydrogen) atoms. The van der Waals surface area contributed by atoms with Crippen LogP contribution in [0, 0.1) is 6.07 Å². The van der Waals surface area contributed by atoms with E-state index in [-0.39, 0.29) is 26.2 Å². The first kappa shape index (κ1) is 19.2. The Kier molecular flexibility index (Phi) is 5.41. The fourth-order valence-electron chi connectivity index (χ4n) is 3.02. The molecule has 2 aromatic carbocycles. The number of rotatable bonds is 1. The van der Waals surface area contributed by atoms with Crippen LogP contribution in [0.1, 0.15) is 0 Å². The van der Waals surface area contributed by atoms with Crippen LogP contribution >= 0.6 is 11.3 Å². The van der Waals surface area contributed by atoms with Crippen LogP contribution in [0.15, 0.2) is 54.9 Å². The molecule has 0 aliphatic heterocycles. The number of hydrogen-bond acceptors (Lipinski definition) is 4.